The van der Waals surface area contributed by atoms with Gasteiger partial charge in [0.2, 0.25) is 0 Å². The van der Waals surface area contributed by atoms with Crippen LogP contribution in [0.25, 0.3) is 44.5 Å². The first-order valence-corrected chi connectivity index (χ1v) is 18.2. The van der Waals surface area contributed by atoms with Crippen molar-refractivity contribution in [3.05, 3.63) is 185 Å². The summed E-state index contributed by atoms with van der Waals surface area (Å²) in [5.74, 6) is 0. The lowest BCUT2D eigenvalue weighted by atomic mass is 9.82. The van der Waals surface area contributed by atoms with Crippen LogP contribution in [0.15, 0.2) is 152 Å². The van der Waals surface area contributed by atoms with E-state index in [1.165, 1.54) is 89.3 Å². The smallest absolute Gasteiger partial charge is 0.0540 e. The molecule has 0 fully saturated rings. The molecule has 0 atom stereocenters. The van der Waals surface area contributed by atoms with Crippen molar-refractivity contribution in [1.29, 1.82) is 0 Å². The monoisotopic (exact) mass is 657 g/mol. The number of nitrogens with zero attached hydrogens (tertiary/aromatic N) is 1. The largest absolute Gasteiger partial charge is 0.310 e. The molecule has 0 N–H and O–H groups in total. The molecule has 0 aromatic heterocycles. The first-order chi connectivity index (χ1) is 24.6. The molecule has 0 unspecified atom stereocenters. The van der Waals surface area contributed by atoms with E-state index in [1.807, 2.05) is 0 Å². The Bertz CT molecular complexity index is 2370. The molecule has 7 aromatic rings. The molecule has 0 heterocycles. The summed E-state index contributed by atoms with van der Waals surface area (Å²) in [4.78, 5) is 2.51. The van der Waals surface area contributed by atoms with Crippen LogP contribution in [0.5, 0.6) is 0 Å². The molecule has 2 aliphatic carbocycles. The van der Waals surface area contributed by atoms with Crippen molar-refractivity contribution < 1.29 is 0 Å². The van der Waals surface area contributed by atoms with Gasteiger partial charge in [0, 0.05) is 27.8 Å². The highest BCUT2D eigenvalue weighted by Crippen LogP contribution is 2.54. The summed E-state index contributed by atoms with van der Waals surface area (Å²) >= 11 is 0. The van der Waals surface area contributed by atoms with Crippen molar-refractivity contribution in [3.8, 4) is 44.5 Å². The minimum atomic E-state index is -0.107. The molecule has 0 radical (unpaired) electrons. The summed E-state index contributed by atoms with van der Waals surface area (Å²) in [6, 6.07) is 57.0. The molecule has 0 saturated carbocycles. The lowest BCUT2D eigenvalue weighted by molar-refractivity contribution is 0.660. The third-order valence-electron chi connectivity index (χ3n) is 11.6. The Morgan fingerprint density at radius 2 is 0.784 bits per heavy atom. The van der Waals surface area contributed by atoms with Crippen molar-refractivity contribution in [3.63, 3.8) is 0 Å². The van der Waals surface area contributed by atoms with Gasteiger partial charge in [-0.05, 0) is 111 Å². The molecule has 0 aliphatic heterocycles. The minimum Gasteiger partial charge on any atom is -0.310 e. The average Bonchev–Trinajstić information content (AvgIpc) is 3.52. The maximum absolute atomic E-state index is 2.51. The third kappa shape index (κ3) is 4.90. The summed E-state index contributed by atoms with van der Waals surface area (Å²) in [5, 5.41) is 0. The van der Waals surface area contributed by atoms with Crippen molar-refractivity contribution in [2.24, 2.45) is 0 Å². The van der Waals surface area contributed by atoms with Gasteiger partial charge in [0.05, 0.1) is 5.69 Å². The van der Waals surface area contributed by atoms with Crippen LogP contribution in [0.1, 0.15) is 61.1 Å². The van der Waals surface area contributed by atoms with Gasteiger partial charge in [0.15, 0.2) is 0 Å². The molecule has 248 valence electrons. The molecule has 2 aliphatic rings. The molecule has 0 amide bonds. The van der Waals surface area contributed by atoms with Crippen LogP contribution in [0, 0.1) is 13.8 Å². The predicted molar refractivity (Wildman–Crippen MR) is 217 cm³/mol. The molecular weight excluding hydrogens is 615 g/mol. The maximum atomic E-state index is 2.51. The van der Waals surface area contributed by atoms with E-state index in [9.17, 15) is 0 Å². The zero-order valence-electron chi connectivity index (χ0n) is 30.4. The van der Waals surface area contributed by atoms with Crippen molar-refractivity contribution in [2.75, 3.05) is 4.90 Å². The summed E-state index contributed by atoms with van der Waals surface area (Å²) in [6.45, 7) is 13.8. The van der Waals surface area contributed by atoms with Gasteiger partial charge in [-0.15, -0.1) is 0 Å². The summed E-state index contributed by atoms with van der Waals surface area (Å²) < 4.78 is 0. The van der Waals surface area contributed by atoms with Crippen LogP contribution in [0.4, 0.5) is 17.1 Å². The maximum Gasteiger partial charge on any atom is 0.0540 e. The van der Waals surface area contributed by atoms with E-state index in [1.54, 1.807) is 0 Å². The zero-order chi connectivity index (χ0) is 35.1. The standard InChI is InChI=1S/C50H43N/c1-32-15-19-34(20-16-32)36-23-28-48(43(29-36)35-21-17-33(2)18-22-35)51(37-24-26-41-39-11-7-9-13-44(39)49(3,4)46(41)30-37)38-25-27-42-40-12-8-10-14-45(40)50(5,6)47(42)31-38/h7-31H,1-6H3. The van der Waals surface area contributed by atoms with Gasteiger partial charge in [-0.3, -0.25) is 0 Å². The molecule has 0 spiro atoms. The Hall–Kier alpha value is -5.66. The average molecular weight is 658 g/mol. The number of rotatable bonds is 5. The summed E-state index contributed by atoms with van der Waals surface area (Å²) in [6.07, 6.45) is 0. The van der Waals surface area contributed by atoms with Crippen molar-refractivity contribution in [2.45, 2.75) is 52.4 Å². The first kappa shape index (κ1) is 31.3. The normalized spacial score (nSPS) is 14.4. The molecule has 1 heteroatoms. The Kier molecular flexibility index (Phi) is 7.03. The SMILES string of the molecule is Cc1ccc(-c2ccc(N(c3ccc4c(c3)C(C)(C)c3ccccc3-4)c3ccc4c(c3)C(C)(C)c3ccccc3-4)c(-c3ccc(C)cc3)c2)cc1. The minimum absolute atomic E-state index is 0.107. The highest BCUT2D eigenvalue weighted by Gasteiger charge is 2.38. The number of aryl methyl sites for hydroxylation is 2. The van der Waals surface area contributed by atoms with E-state index in [0.29, 0.717) is 0 Å². The van der Waals surface area contributed by atoms with E-state index in [4.69, 9.17) is 0 Å². The third-order valence-corrected chi connectivity index (χ3v) is 11.6. The van der Waals surface area contributed by atoms with Gasteiger partial charge in [-0.1, -0.05) is 154 Å². The van der Waals surface area contributed by atoms with Gasteiger partial charge >= 0.3 is 0 Å². The molecule has 7 aromatic carbocycles. The first-order valence-electron chi connectivity index (χ1n) is 18.2. The van der Waals surface area contributed by atoms with Crippen molar-refractivity contribution >= 4 is 17.1 Å². The fraction of sp³-hybridized carbons (Fsp3) is 0.160. The highest BCUT2D eigenvalue weighted by atomic mass is 15.1. The molecule has 0 bridgehead atoms. The molecule has 0 saturated heterocycles. The number of benzene rings is 7. The van der Waals surface area contributed by atoms with Gasteiger partial charge in [0.25, 0.3) is 0 Å². The van der Waals surface area contributed by atoms with Crippen LogP contribution in [-0.2, 0) is 10.8 Å². The van der Waals surface area contributed by atoms with Crippen LogP contribution >= 0.6 is 0 Å². The Morgan fingerprint density at radius 3 is 1.29 bits per heavy atom. The lowest BCUT2D eigenvalue weighted by Crippen LogP contribution is -2.18. The second-order valence-corrected chi connectivity index (χ2v) is 15.6. The number of anilines is 3. The Balaban J connectivity index is 1.29. The number of hydrogen-bond acceptors (Lipinski definition) is 1. The van der Waals surface area contributed by atoms with E-state index < -0.39 is 0 Å². The fourth-order valence-corrected chi connectivity index (χ4v) is 8.71. The lowest BCUT2D eigenvalue weighted by Gasteiger charge is -2.31. The van der Waals surface area contributed by atoms with Gasteiger partial charge in [-0.2, -0.15) is 0 Å². The molecule has 1 nitrogen and oxygen atoms in total. The summed E-state index contributed by atoms with van der Waals surface area (Å²) in [5.41, 5.74) is 21.5. The topological polar surface area (TPSA) is 3.24 Å². The molecular formula is C50H43N. The molecule has 9 rings (SSSR count). The van der Waals surface area contributed by atoms with E-state index in [2.05, 4.69) is 198 Å². The second kappa shape index (κ2) is 11.4. The van der Waals surface area contributed by atoms with Gasteiger partial charge < -0.3 is 4.90 Å². The van der Waals surface area contributed by atoms with Crippen LogP contribution in [-0.4, -0.2) is 0 Å². The van der Waals surface area contributed by atoms with Gasteiger partial charge in [-0.25, -0.2) is 0 Å². The molecule has 51 heavy (non-hydrogen) atoms. The zero-order valence-corrected chi connectivity index (χ0v) is 30.4. The number of fused-ring (bicyclic) bond motifs is 6. The van der Waals surface area contributed by atoms with E-state index in [0.717, 1.165) is 5.69 Å². The van der Waals surface area contributed by atoms with E-state index in [-0.39, 0.29) is 10.8 Å². The van der Waals surface area contributed by atoms with Gasteiger partial charge in [0.1, 0.15) is 0 Å². The highest BCUT2D eigenvalue weighted by molar-refractivity contribution is 5.94. The quantitative estimate of drug-likeness (QED) is 0.178. The predicted octanol–water partition coefficient (Wildman–Crippen LogP) is 13.7. The second-order valence-electron chi connectivity index (χ2n) is 15.6. The van der Waals surface area contributed by atoms with E-state index >= 15 is 0 Å². The van der Waals surface area contributed by atoms with Crippen LogP contribution < -0.4 is 4.90 Å². The summed E-state index contributed by atoms with van der Waals surface area (Å²) in [7, 11) is 0. The Morgan fingerprint density at radius 1 is 0.353 bits per heavy atom. The van der Waals surface area contributed by atoms with Crippen LogP contribution in [0.2, 0.25) is 0 Å². The fourth-order valence-electron chi connectivity index (χ4n) is 8.71. The number of hydrogen-bond donors (Lipinski definition) is 0. The van der Waals surface area contributed by atoms with Crippen molar-refractivity contribution in [1.82, 2.24) is 0 Å². The van der Waals surface area contributed by atoms with Crippen LogP contribution in [0.3, 0.4) is 0 Å². The Labute approximate surface area is 302 Å².